The second-order valence-corrected chi connectivity index (χ2v) is 4.58. The molecule has 0 fully saturated rings. The Hall–Kier alpha value is -1.00. The molecule has 94 valence electrons. The molecular formula is C13H19NO2S. The molecule has 1 N–H and O–H groups in total. The Labute approximate surface area is 107 Å². The summed E-state index contributed by atoms with van der Waals surface area (Å²) < 4.78 is 5.03. The molecule has 0 aliphatic rings. The molecule has 4 heteroatoms. The Balaban J connectivity index is 2.47. The van der Waals surface area contributed by atoms with E-state index >= 15 is 0 Å². The fourth-order valence-electron chi connectivity index (χ4n) is 1.40. The molecule has 3 nitrogen and oxygen atoms in total. The van der Waals surface area contributed by atoms with Crippen molar-refractivity contribution < 1.29 is 9.53 Å². The molecule has 1 aromatic rings. The third-order valence-corrected chi connectivity index (χ3v) is 3.29. The van der Waals surface area contributed by atoms with Crippen LogP contribution < -0.4 is 5.32 Å². The summed E-state index contributed by atoms with van der Waals surface area (Å²) in [7, 11) is 0. The lowest BCUT2D eigenvalue weighted by molar-refractivity contribution is -0.144. The van der Waals surface area contributed by atoms with Gasteiger partial charge in [-0.25, -0.2) is 0 Å². The average Bonchev–Trinajstić information content (AvgIpc) is 2.36. The van der Waals surface area contributed by atoms with Crippen molar-refractivity contribution in [1.82, 2.24) is 5.32 Å². The van der Waals surface area contributed by atoms with Crippen molar-refractivity contribution in [2.45, 2.75) is 24.8 Å². The van der Waals surface area contributed by atoms with E-state index in [4.69, 9.17) is 4.74 Å². The fraction of sp³-hybridized carbons (Fsp3) is 0.462. The van der Waals surface area contributed by atoms with Gasteiger partial charge in [-0.15, -0.1) is 11.8 Å². The third-order valence-electron chi connectivity index (χ3n) is 2.18. The van der Waals surface area contributed by atoms with E-state index in [1.807, 2.05) is 44.2 Å². The van der Waals surface area contributed by atoms with E-state index in [1.165, 1.54) is 4.90 Å². The summed E-state index contributed by atoms with van der Waals surface area (Å²) in [5, 5.41) is 3.14. The van der Waals surface area contributed by atoms with Crippen molar-refractivity contribution in [3.8, 4) is 0 Å². The van der Waals surface area contributed by atoms with Gasteiger partial charge in [-0.1, -0.05) is 25.1 Å². The van der Waals surface area contributed by atoms with Gasteiger partial charge in [-0.2, -0.15) is 0 Å². The molecule has 0 saturated carbocycles. The molecule has 0 heterocycles. The molecule has 0 spiro atoms. The highest BCUT2D eigenvalue weighted by Gasteiger charge is 2.18. The van der Waals surface area contributed by atoms with E-state index in [-0.39, 0.29) is 12.0 Å². The smallest absolute Gasteiger partial charge is 0.323 e. The van der Waals surface area contributed by atoms with Crippen molar-refractivity contribution >= 4 is 17.7 Å². The Morgan fingerprint density at radius 2 is 2.06 bits per heavy atom. The van der Waals surface area contributed by atoms with Crippen LogP contribution in [-0.2, 0) is 9.53 Å². The number of rotatable bonds is 7. The summed E-state index contributed by atoms with van der Waals surface area (Å²) in [5.41, 5.74) is 0. The Morgan fingerprint density at radius 1 is 1.35 bits per heavy atom. The SMILES string of the molecule is CCNC(CSc1ccccc1)C(=O)OCC. The minimum absolute atomic E-state index is 0.169. The lowest BCUT2D eigenvalue weighted by Gasteiger charge is -2.15. The number of thioether (sulfide) groups is 1. The minimum atomic E-state index is -0.231. The summed E-state index contributed by atoms with van der Waals surface area (Å²) in [4.78, 5) is 12.8. The zero-order valence-corrected chi connectivity index (χ0v) is 11.1. The van der Waals surface area contributed by atoms with Crippen molar-refractivity contribution in [1.29, 1.82) is 0 Å². The van der Waals surface area contributed by atoms with Crippen LogP contribution in [-0.4, -0.2) is 30.9 Å². The number of hydrogen-bond acceptors (Lipinski definition) is 4. The number of benzene rings is 1. The van der Waals surface area contributed by atoms with Gasteiger partial charge in [0.1, 0.15) is 6.04 Å². The predicted octanol–water partition coefficient (Wildman–Crippen LogP) is 2.32. The first-order chi connectivity index (χ1) is 8.27. The largest absolute Gasteiger partial charge is 0.465 e. The molecule has 0 aliphatic heterocycles. The fourth-order valence-corrected chi connectivity index (χ4v) is 2.36. The van der Waals surface area contributed by atoms with Crippen LogP contribution in [0.2, 0.25) is 0 Å². The number of carbonyl (C=O) groups excluding carboxylic acids is 1. The van der Waals surface area contributed by atoms with Crippen LogP contribution >= 0.6 is 11.8 Å². The number of ether oxygens (including phenoxy) is 1. The molecule has 1 unspecified atom stereocenters. The van der Waals surface area contributed by atoms with Gasteiger partial charge in [0.05, 0.1) is 6.61 Å². The van der Waals surface area contributed by atoms with Crippen LogP contribution in [0.3, 0.4) is 0 Å². The molecule has 1 atom stereocenters. The highest BCUT2D eigenvalue weighted by molar-refractivity contribution is 7.99. The maximum absolute atomic E-state index is 11.7. The first kappa shape index (κ1) is 14.1. The second kappa shape index (κ2) is 8.14. The van der Waals surface area contributed by atoms with Crippen LogP contribution in [0.5, 0.6) is 0 Å². The van der Waals surface area contributed by atoms with E-state index in [1.54, 1.807) is 11.8 Å². The molecule has 0 radical (unpaired) electrons. The van der Waals surface area contributed by atoms with Gasteiger partial charge in [0.2, 0.25) is 0 Å². The van der Waals surface area contributed by atoms with Crippen LogP contribution in [0, 0.1) is 0 Å². The molecular weight excluding hydrogens is 234 g/mol. The van der Waals surface area contributed by atoms with Gasteiger partial charge in [-0.3, -0.25) is 4.79 Å². The molecule has 1 rings (SSSR count). The zero-order chi connectivity index (χ0) is 12.5. The van der Waals surface area contributed by atoms with Crippen LogP contribution in [0.15, 0.2) is 35.2 Å². The normalized spacial score (nSPS) is 12.1. The maximum Gasteiger partial charge on any atom is 0.323 e. The first-order valence-electron chi connectivity index (χ1n) is 5.85. The van der Waals surface area contributed by atoms with Gasteiger partial charge >= 0.3 is 5.97 Å². The molecule has 17 heavy (non-hydrogen) atoms. The Bertz CT molecular complexity index is 329. The van der Waals surface area contributed by atoms with E-state index in [0.717, 1.165) is 6.54 Å². The zero-order valence-electron chi connectivity index (χ0n) is 10.3. The number of carbonyl (C=O) groups is 1. The van der Waals surface area contributed by atoms with E-state index in [0.29, 0.717) is 12.4 Å². The standard InChI is InChI=1S/C13H19NO2S/c1-3-14-12(13(15)16-4-2)10-17-11-8-6-5-7-9-11/h5-9,12,14H,3-4,10H2,1-2H3. The van der Waals surface area contributed by atoms with Gasteiger partial charge in [0.15, 0.2) is 0 Å². The minimum Gasteiger partial charge on any atom is -0.465 e. The summed E-state index contributed by atoms with van der Waals surface area (Å²) in [6.07, 6.45) is 0. The molecule has 0 saturated heterocycles. The number of likely N-dealkylation sites (N-methyl/N-ethyl adjacent to an activating group) is 1. The topological polar surface area (TPSA) is 38.3 Å². The Kier molecular flexibility index (Phi) is 6.74. The monoisotopic (exact) mass is 253 g/mol. The molecule has 0 aromatic heterocycles. The summed E-state index contributed by atoms with van der Waals surface area (Å²) in [5.74, 6) is 0.522. The van der Waals surface area contributed by atoms with Gasteiger partial charge in [-0.05, 0) is 25.6 Å². The summed E-state index contributed by atoms with van der Waals surface area (Å²) in [6.45, 7) is 5.00. The van der Waals surface area contributed by atoms with Crippen molar-refractivity contribution in [3.05, 3.63) is 30.3 Å². The number of esters is 1. The summed E-state index contributed by atoms with van der Waals surface area (Å²) in [6, 6.07) is 9.82. The number of nitrogens with one attached hydrogen (secondary N) is 1. The van der Waals surface area contributed by atoms with E-state index in [2.05, 4.69) is 5.32 Å². The van der Waals surface area contributed by atoms with Gasteiger partial charge in [0, 0.05) is 10.6 Å². The lowest BCUT2D eigenvalue weighted by Crippen LogP contribution is -2.40. The third kappa shape index (κ3) is 5.24. The average molecular weight is 253 g/mol. The van der Waals surface area contributed by atoms with Crippen molar-refractivity contribution in [2.75, 3.05) is 18.9 Å². The van der Waals surface area contributed by atoms with Gasteiger partial charge < -0.3 is 10.1 Å². The van der Waals surface area contributed by atoms with E-state index in [9.17, 15) is 4.79 Å². The van der Waals surface area contributed by atoms with Crippen molar-refractivity contribution in [3.63, 3.8) is 0 Å². The van der Waals surface area contributed by atoms with E-state index < -0.39 is 0 Å². The van der Waals surface area contributed by atoms with Gasteiger partial charge in [0.25, 0.3) is 0 Å². The van der Waals surface area contributed by atoms with Crippen molar-refractivity contribution in [2.24, 2.45) is 0 Å². The lowest BCUT2D eigenvalue weighted by atomic mass is 10.3. The molecule has 0 aliphatic carbocycles. The molecule has 1 aromatic carbocycles. The first-order valence-corrected chi connectivity index (χ1v) is 6.84. The second-order valence-electron chi connectivity index (χ2n) is 3.49. The predicted molar refractivity (Wildman–Crippen MR) is 71.3 cm³/mol. The molecule has 0 amide bonds. The summed E-state index contributed by atoms with van der Waals surface area (Å²) >= 11 is 1.66. The highest BCUT2D eigenvalue weighted by atomic mass is 32.2. The number of hydrogen-bond donors (Lipinski definition) is 1. The quantitative estimate of drug-likeness (QED) is 0.598. The highest BCUT2D eigenvalue weighted by Crippen LogP contribution is 2.18. The van der Waals surface area contributed by atoms with Crippen LogP contribution in [0.1, 0.15) is 13.8 Å². The van der Waals surface area contributed by atoms with Crippen LogP contribution in [0.25, 0.3) is 0 Å². The Morgan fingerprint density at radius 3 is 2.65 bits per heavy atom. The maximum atomic E-state index is 11.7. The van der Waals surface area contributed by atoms with Crippen LogP contribution in [0.4, 0.5) is 0 Å². The molecule has 0 bridgehead atoms.